The van der Waals surface area contributed by atoms with E-state index in [1.54, 1.807) is 18.3 Å². The molecule has 0 radical (unpaired) electrons. The van der Waals surface area contributed by atoms with Crippen LogP contribution in [0.5, 0.6) is 0 Å². The molecule has 2 N–H and O–H groups in total. The molecule has 0 saturated carbocycles. The smallest absolute Gasteiger partial charge is 0.183 e. The second-order valence-electron chi connectivity index (χ2n) is 6.00. The van der Waals surface area contributed by atoms with E-state index in [1.807, 2.05) is 37.4 Å². The number of thiazole rings is 1. The number of nitrogens with one attached hydrogen (secondary N) is 2. The number of carbonyl (C=O) groups excluding carboxylic acids is 1. The molecule has 2 aromatic heterocycles. The Bertz CT molecular complexity index is 864. The van der Waals surface area contributed by atoms with Crippen molar-refractivity contribution in [1.29, 1.82) is 0 Å². The minimum Gasteiger partial charge on any atom is -0.356 e. The average Bonchev–Trinajstić information content (AvgIpc) is 3.12. The minimum absolute atomic E-state index is 0.0822. The van der Waals surface area contributed by atoms with Crippen LogP contribution in [0.4, 0.5) is 5.13 Å². The summed E-state index contributed by atoms with van der Waals surface area (Å²) in [5.41, 5.74) is 5.65. The van der Waals surface area contributed by atoms with Gasteiger partial charge >= 0.3 is 0 Å². The van der Waals surface area contributed by atoms with Crippen LogP contribution in [0.3, 0.4) is 0 Å². The molecule has 5 heteroatoms. The maximum atomic E-state index is 11.8. The van der Waals surface area contributed by atoms with Crippen molar-refractivity contribution in [3.63, 3.8) is 0 Å². The second kappa shape index (κ2) is 6.61. The van der Waals surface area contributed by atoms with Crippen molar-refractivity contribution in [3.05, 3.63) is 58.1 Å². The zero-order valence-electron chi connectivity index (χ0n) is 14.3. The van der Waals surface area contributed by atoms with Crippen LogP contribution in [0.15, 0.2) is 35.7 Å². The first kappa shape index (κ1) is 16.5. The second-order valence-corrected chi connectivity index (χ2v) is 6.85. The van der Waals surface area contributed by atoms with Crippen molar-refractivity contribution in [2.45, 2.75) is 33.7 Å². The number of rotatable bonds is 5. The summed E-state index contributed by atoms with van der Waals surface area (Å²) in [5, 5.41) is 6.33. The molecule has 124 valence electrons. The Morgan fingerprint density at radius 2 is 1.96 bits per heavy atom. The van der Waals surface area contributed by atoms with E-state index in [1.165, 1.54) is 5.56 Å². The number of aromatic amines is 1. The van der Waals surface area contributed by atoms with Crippen molar-refractivity contribution < 1.29 is 4.79 Å². The first-order valence-electron chi connectivity index (χ1n) is 7.95. The molecule has 1 atom stereocenters. The Balaban J connectivity index is 1.84. The maximum Gasteiger partial charge on any atom is 0.183 e. The van der Waals surface area contributed by atoms with Crippen LogP contribution < -0.4 is 5.32 Å². The van der Waals surface area contributed by atoms with Gasteiger partial charge in [-0.2, -0.15) is 0 Å². The van der Waals surface area contributed by atoms with Crippen molar-refractivity contribution in [3.8, 4) is 11.4 Å². The summed E-state index contributed by atoms with van der Waals surface area (Å²) >= 11 is 1.57. The number of H-pyrrole nitrogens is 1. The number of ketones is 1. The molecule has 2 heterocycles. The van der Waals surface area contributed by atoms with E-state index >= 15 is 0 Å². The number of hydrogen-bond acceptors (Lipinski definition) is 4. The third kappa shape index (κ3) is 3.12. The van der Waals surface area contributed by atoms with E-state index in [0.717, 1.165) is 33.3 Å². The Morgan fingerprint density at radius 3 is 2.58 bits per heavy atom. The largest absolute Gasteiger partial charge is 0.356 e. The molecule has 3 aromatic rings. The van der Waals surface area contributed by atoms with Crippen LogP contribution in [-0.2, 0) is 0 Å². The summed E-state index contributed by atoms with van der Waals surface area (Å²) < 4.78 is 0. The summed E-state index contributed by atoms with van der Waals surface area (Å²) in [4.78, 5) is 19.8. The van der Waals surface area contributed by atoms with Crippen LogP contribution in [-0.4, -0.2) is 15.8 Å². The van der Waals surface area contributed by atoms with Gasteiger partial charge in [0.1, 0.15) is 5.69 Å². The maximum absolute atomic E-state index is 11.8. The molecule has 0 saturated heterocycles. The minimum atomic E-state index is 0.0822. The fourth-order valence-electron chi connectivity index (χ4n) is 3.00. The lowest BCUT2D eigenvalue weighted by atomic mass is 10.1. The van der Waals surface area contributed by atoms with E-state index in [9.17, 15) is 4.79 Å². The van der Waals surface area contributed by atoms with Crippen molar-refractivity contribution in [2.75, 3.05) is 5.32 Å². The van der Waals surface area contributed by atoms with Crippen LogP contribution in [0.1, 0.15) is 47.1 Å². The van der Waals surface area contributed by atoms with E-state index in [2.05, 4.69) is 34.3 Å². The van der Waals surface area contributed by atoms with Crippen molar-refractivity contribution in [1.82, 2.24) is 9.97 Å². The quantitative estimate of drug-likeness (QED) is 0.634. The molecule has 0 amide bonds. The lowest BCUT2D eigenvalue weighted by molar-refractivity contribution is 0.101. The van der Waals surface area contributed by atoms with Gasteiger partial charge in [0, 0.05) is 16.6 Å². The van der Waals surface area contributed by atoms with Gasteiger partial charge in [0.25, 0.3) is 0 Å². The molecule has 0 spiro atoms. The topological polar surface area (TPSA) is 57.8 Å². The van der Waals surface area contributed by atoms with Gasteiger partial charge in [-0.3, -0.25) is 4.79 Å². The standard InChI is InChI=1S/C19H21N3OS/c1-11-17(14(4)23)13(3)20-18(11)16-10-24-19(22-16)21-12(2)15-8-6-5-7-9-15/h5-10,12,20H,1-4H3,(H,21,22)/t12-/m0/s1. The first-order chi connectivity index (χ1) is 11.5. The lowest BCUT2D eigenvalue weighted by Gasteiger charge is -2.12. The number of carbonyl (C=O) groups is 1. The third-order valence-electron chi connectivity index (χ3n) is 4.19. The molecule has 0 aliphatic heterocycles. The normalized spacial score (nSPS) is 12.2. The molecule has 3 rings (SSSR count). The Kier molecular flexibility index (Phi) is 4.53. The molecule has 24 heavy (non-hydrogen) atoms. The molecule has 0 bridgehead atoms. The number of aromatic nitrogens is 2. The van der Waals surface area contributed by atoms with Crippen molar-refractivity contribution >= 4 is 22.3 Å². The fraction of sp³-hybridized carbons (Fsp3) is 0.263. The lowest BCUT2D eigenvalue weighted by Crippen LogP contribution is -2.05. The highest BCUT2D eigenvalue weighted by Gasteiger charge is 2.18. The molecule has 1 aromatic carbocycles. The number of aryl methyl sites for hydroxylation is 1. The number of anilines is 1. The number of nitrogens with zero attached hydrogens (tertiary/aromatic N) is 1. The highest BCUT2D eigenvalue weighted by Crippen LogP contribution is 2.31. The van der Waals surface area contributed by atoms with E-state index in [4.69, 9.17) is 0 Å². The van der Waals surface area contributed by atoms with Crippen LogP contribution in [0.25, 0.3) is 11.4 Å². The molecule has 0 fully saturated rings. The number of benzene rings is 1. The zero-order valence-corrected chi connectivity index (χ0v) is 15.1. The molecular weight excluding hydrogens is 318 g/mol. The van der Waals surface area contributed by atoms with Gasteiger partial charge in [0.05, 0.1) is 11.7 Å². The zero-order chi connectivity index (χ0) is 17.3. The fourth-order valence-corrected chi connectivity index (χ4v) is 3.79. The highest BCUT2D eigenvalue weighted by atomic mass is 32.1. The van der Waals surface area contributed by atoms with Gasteiger partial charge < -0.3 is 10.3 Å². The molecule has 0 aliphatic carbocycles. The summed E-state index contributed by atoms with van der Waals surface area (Å²) in [6.07, 6.45) is 0. The number of hydrogen-bond donors (Lipinski definition) is 2. The Labute approximate surface area is 146 Å². The van der Waals surface area contributed by atoms with Gasteiger partial charge in [-0.05, 0) is 38.8 Å². The van der Waals surface area contributed by atoms with E-state index in [0.29, 0.717) is 0 Å². The van der Waals surface area contributed by atoms with Gasteiger partial charge in [-0.25, -0.2) is 4.98 Å². The third-order valence-corrected chi connectivity index (χ3v) is 4.96. The highest BCUT2D eigenvalue weighted by molar-refractivity contribution is 7.14. The molecule has 0 aliphatic rings. The average molecular weight is 339 g/mol. The van der Waals surface area contributed by atoms with E-state index < -0.39 is 0 Å². The Hall–Kier alpha value is -2.40. The van der Waals surface area contributed by atoms with E-state index in [-0.39, 0.29) is 11.8 Å². The van der Waals surface area contributed by atoms with Crippen LogP contribution >= 0.6 is 11.3 Å². The Morgan fingerprint density at radius 1 is 1.25 bits per heavy atom. The summed E-state index contributed by atoms with van der Waals surface area (Å²) in [5.74, 6) is 0.0822. The SMILES string of the molecule is CC(=O)c1c(C)[nH]c(-c2csc(N[C@@H](C)c3ccccc3)n2)c1C. The van der Waals surface area contributed by atoms with Gasteiger partial charge in [-0.15, -0.1) is 11.3 Å². The predicted molar refractivity (Wildman–Crippen MR) is 99.9 cm³/mol. The predicted octanol–water partition coefficient (Wildman–Crippen LogP) is 5.13. The molecular formula is C19H21N3OS. The molecule has 0 unspecified atom stereocenters. The van der Waals surface area contributed by atoms with Gasteiger partial charge in [0.2, 0.25) is 0 Å². The summed E-state index contributed by atoms with van der Waals surface area (Å²) in [6, 6.07) is 10.5. The van der Waals surface area contributed by atoms with Crippen LogP contribution in [0.2, 0.25) is 0 Å². The van der Waals surface area contributed by atoms with Gasteiger partial charge in [0.15, 0.2) is 10.9 Å². The summed E-state index contributed by atoms with van der Waals surface area (Å²) in [7, 11) is 0. The van der Waals surface area contributed by atoms with Crippen LogP contribution in [0, 0.1) is 13.8 Å². The monoisotopic (exact) mass is 339 g/mol. The number of Topliss-reactive ketones (excluding diaryl/α,β-unsaturated/α-hetero) is 1. The molecule has 4 nitrogen and oxygen atoms in total. The van der Waals surface area contributed by atoms with Gasteiger partial charge in [-0.1, -0.05) is 30.3 Å². The van der Waals surface area contributed by atoms with Crippen molar-refractivity contribution in [2.24, 2.45) is 0 Å². The first-order valence-corrected chi connectivity index (χ1v) is 8.82. The summed E-state index contributed by atoms with van der Waals surface area (Å²) in [6.45, 7) is 7.61.